The summed E-state index contributed by atoms with van der Waals surface area (Å²) in [5.74, 6) is 0.803. The van der Waals surface area contributed by atoms with Crippen molar-refractivity contribution in [2.75, 3.05) is 0 Å². The van der Waals surface area contributed by atoms with Gasteiger partial charge in [-0.05, 0) is 25.0 Å². The molecule has 0 radical (unpaired) electrons. The number of thiophene rings is 1. The lowest BCUT2D eigenvalue weighted by Gasteiger charge is -2.07. The van der Waals surface area contributed by atoms with Gasteiger partial charge in [-0.15, -0.1) is 11.3 Å². The minimum absolute atomic E-state index is 0.176. The molecule has 3 heterocycles. The average molecular weight is 350 g/mol. The van der Waals surface area contributed by atoms with Crippen LogP contribution in [0.5, 0.6) is 0 Å². The van der Waals surface area contributed by atoms with Gasteiger partial charge in [0.15, 0.2) is 5.76 Å². The highest BCUT2D eigenvalue weighted by Crippen LogP contribution is 2.40. The summed E-state index contributed by atoms with van der Waals surface area (Å²) < 4.78 is 7.74. The molecule has 8 heteroatoms. The van der Waals surface area contributed by atoms with Crippen molar-refractivity contribution >= 4 is 28.9 Å². The van der Waals surface area contributed by atoms with Crippen LogP contribution >= 0.6 is 22.9 Å². The molecule has 1 saturated carbocycles. The molecule has 6 nitrogen and oxygen atoms in total. The number of carboxylic acid groups (broad SMARTS) is 1. The maximum absolute atomic E-state index is 11.4. The molecule has 0 aromatic carbocycles. The van der Waals surface area contributed by atoms with Crippen molar-refractivity contribution in [2.24, 2.45) is 0 Å². The van der Waals surface area contributed by atoms with Crippen molar-refractivity contribution in [3.8, 4) is 10.6 Å². The lowest BCUT2D eigenvalue weighted by atomic mass is 10.3. The maximum atomic E-state index is 11.4. The Bertz CT molecular complexity index is 878. The zero-order chi connectivity index (χ0) is 16.0. The van der Waals surface area contributed by atoms with Gasteiger partial charge >= 0.3 is 5.97 Å². The Morgan fingerprint density at radius 2 is 2.30 bits per heavy atom. The highest BCUT2D eigenvalue weighted by atomic mass is 35.5. The standard InChI is InChI=1S/C15H12ClN3O3S/c16-13-4-3-12(23-13)11-5-9(18-22-11)7-19-10(15(20)21)6-17-14(19)8-1-2-8/h3-6,8H,1-2,7H2,(H,20,21). The van der Waals surface area contributed by atoms with Gasteiger partial charge in [0, 0.05) is 12.0 Å². The van der Waals surface area contributed by atoms with Crippen LogP contribution in [0.25, 0.3) is 10.6 Å². The van der Waals surface area contributed by atoms with E-state index in [2.05, 4.69) is 10.1 Å². The molecular weight excluding hydrogens is 338 g/mol. The molecule has 23 heavy (non-hydrogen) atoms. The van der Waals surface area contributed by atoms with Crippen molar-refractivity contribution in [3.63, 3.8) is 0 Å². The van der Waals surface area contributed by atoms with Gasteiger partial charge in [-0.1, -0.05) is 16.8 Å². The summed E-state index contributed by atoms with van der Waals surface area (Å²) in [7, 11) is 0. The van der Waals surface area contributed by atoms with Gasteiger partial charge in [0.25, 0.3) is 0 Å². The van der Waals surface area contributed by atoms with E-state index in [4.69, 9.17) is 16.1 Å². The van der Waals surface area contributed by atoms with Gasteiger partial charge in [-0.25, -0.2) is 9.78 Å². The third-order valence-corrected chi connectivity index (χ3v) is 4.99. The Hall–Kier alpha value is -2.12. The fourth-order valence-electron chi connectivity index (χ4n) is 2.51. The van der Waals surface area contributed by atoms with Crippen molar-refractivity contribution in [2.45, 2.75) is 25.3 Å². The highest BCUT2D eigenvalue weighted by Gasteiger charge is 2.30. The second-order valence-electron chi connectivity index (χ2n) is 5.45. The Morgan fingerprint density at radius 1 is 1.48 bits per heavy atom. The maximum Gasteiger partial charge on any atom is 0.354 e. The number of rotatable bonds is 5. The van der Waals surface area contributed by atoms with E-state index in [1.165, 1.54) is 17.5 Å². The summed E-state index contributed by atoms with van der Waals surface area (Å²) in [6, 6.07) is 5.48. The van der Waals surface area contributed by atoms with Crippen LogP contribution in [0.1, 0.15) is 40.8 Å². The molecule has 3 aromatic rings. The smallest absolute Gasteiger partial charge is 0.354 e. The van der Waals surface area contributed by atoms with Crippen molar-refractivity contribution in [1.29, 1.82) is 0 Å². The van der Waals surface area contributed by atoms with E-state index in [9.17, 15) is 9.90 Å². The lowest BCUT2D eigenvalue weighted by molar-refractivity contribution is 0.0685. The van der Waals surface area contributed by atoms with Crippen molar-refractivity contribution in [1.82, 2.24) is 14.7 Å². The van der Waals surface area contributed by atoms with Crippen LogP contribution in [0.15, 0.2) is 28.9 Å². The van der Waals surface area contributed by atoms with Gasteiger partial charge in [-0.3, -0.25) is 0 Å². The molecule has 0 atom stereocenters. The first-order valence-corrected chi connectivity index (χ1v) is 8.31. The van der Waals surface area contributed by atoms with E-state index in [0.29, 0.717) is 28.3 Å². The first-order chi connectivity index (χ1) is 11.1. The molecule has 4 rings (SSSR count). The molecule has 1 aliphatic carbocycles. The van der Waals surface area contributed by atoms with Crippen LogP contribution in [-0.4, -0.2) is 25.8 Å². The number of hydrogen-bond donors (Lipinski definition) is 1. The Labute approximate surface area is 140 Å². The number of carboxylic acids is 1. The summed E-state index contributed by atoms with van der Waals surface area (Å²) in [4.78, 5) is 16.5. The Kier molecular flexibility index (Phi) is 3.46. The first-order valence-electron chi connectivity index (χ1n) is 7.12. The molecule has 1 fully saturated rings. The predicted molar refractivity (Wildman–Crippen MR) is 85.1 cm³/mol. The van der Waals surface area contributed by atoms with Crippen LogP contribution in [0.2, 0.25) is 4.34 Å². The Morgan fingerprint density at radius 3 is 2.96 bits per heavy atom. The molecule has 0 bridgehead atoms. The third kappa shape index (κ3) is 2.77. The summed E-state index contributed by atoms with van der Waals surface area (Å²) in [6.07, 6.45) is 3.51. The van der Waals surface area contributed by atoms with E-state index >= 15 is 0 Å². The number of imidazole rings is 1. The second kappa shape index (κ2) is 5.50. The minimum atomic E-state index is -0.988. The molecule has 0 spiro atoms. The second-order valence-corrected chi connectivity index (χ2v) is 7.17. The van der Waals surface area contributed by atoms with Crippen molar-refractivity contribution in [3.05, 3.63) is 45.9 Å². The zero-order valence-electron chi connectivity index (χ0n) is 11.9. The molecule has 0 unspecified atom stereocenters. The summed E-state index contributed by atoms with van der Waals surface area (Å²) in [5, 5.41) is 13.4. The van der Waals surface area contributed by atoms with Crippen LogP contribution in [0.4, 0.5) is 0 Å². The van der Waals surface area contributed by atoms with E-state index in [0.717, 1.165) is 23.5 Å². The van der Waals surface area contributed by atoms with E-state index in [1.807, 2.05) is 12.1 Å². The SMILES string of the molecule is O=C(O)c1cnc(C2CC2)n1Cc1cc(-c2ccc(Cl)s2)on1. The third-order valence-electron chi connectivity index (χ3n) is 3.74. The van der Waals surface area contributed by atoms with E-state index in [1.54, 1.807) is 10.6 Å². The minimum Gasteiger partial charge on any atom is -0.477 e. The normalized spacial score (nSPS) is 14.3. The van der Waals surface area contributed by atoms with E-state index < -0.39 is 5.97 Å². The summed E-state index contributed by atoms with van der Waals surface area (Å²) in [6.45, 7) is 0.329. The number of nitrogens with zero attached hydrogens (tertiary/aromatic N) is 3. The fraction of sp³-hybridized carbons (Fsp3) is 0.267. The van der Waals surface area contributed by atoms with Gasteiger partial charge in [0.2, 0.25) is 0 Å². The number of carbonyl (C=O) groups is 1. The number of halogens is 1. The molecular formula is C15H12ClN3O3S. The van der Waals surface area contributed by atoms with Crippen LogP contribution in [-0.2, 0) is 6.54 Å². The largest absolute Gasteiger partial charge is 0.477 e. The summed E-state index contributed by atoms with van der Waals surface area (Å²) >= 11 is 7.34. The zero-order valence-corrected chi connectivity index (χ0v) is 13.5. The monoisotopic (exact) mass is 349 g/mol. The lowest BCUT2D eigenvalue weighted by Crippen LogP contribution is -2.12. The van der Waals surface area contributed by atoms with Gasteiger partial charge in [-0.2, -0.15) is 0 Å². The van der Waals surface area contributed by atoms with Crippen molar-refractivity contribution < 1.29 is 14.4 Å². The molecule has 0 amide bonds. The molecule has 0 aliphatic heterocycles. The quantitative estimate of drug-likeness (QED) is 0.756. The van der Waals surface area contributed by atoms with Gasteiger partial charge < -0.3 is 14.2 Å². The average Bonchev–Trinajstić information content (AvgIpc) is 2.93. The molecule has 118 valence electrons. The van der Waals surface area contributed by atoms with Crippen LogP contribution in [0, 0.1) is 0 Å². The fourth-order valence-corrected chi connectivity index (χ4v) is 3.50. The Balaban J connectivity index is 1.64. The first kappa shape index (κ1) is 14.5. The highest BCUT2D eigenvalue weighted by molar-refractivity contribution is 7.19. The number of hydrogen-bond acceptors (Lipinski definition) is 5. The molecule has 0 saturated heterocycles. The van der Waals surface area contributed by atoms with Gasteiger partial charge in [0.05, 0.1) is 22.0 Å². The predicted octanol–water partition coefficient (Wildman–Crippen LogP) is 3.88. The summed E-state index contributed by atoms with van der Waals surface area (Å²) in [5.41, 5.74) is 0.836. The van der Waals surface area contributed by atoms with Gasteiger partial charge in [0.1, 0.15) is 17.2 Å². The topological polar surface area (TPSA) is 81.1 Å². The van der Waals surface area contributed by atoms with Crippen LogP contribution < -0.4 is 0 Å². The number of aromatic nitrogens is 3. The van der Waals surface area contributed by atoms with E-state index in [-0.39, 0.29) is 5.69 Å². The molecule has 3 aromatic heterocycles. The number of aromatic carboxylic acids is 1. The van der Waals surface area contributed by atoms with Crippen LogP contribution in [0.3, 0.4) is 0 Å². The molecule has 1 aliphatic rings. The molecule has 1 N–H and O–H groups in total.